The van der Waals surface area contributed by atoms with E-state index in [0.29, 0.717) is 17.9 Å². The first-order valence-corrected chi connectivity index (χ1v) is 6.81. The van der Waals surface area contributed by atoms with E-state index in [1.807, 2.05) is 27.8 Å². The van der Waals surface area contributed by atoms with E-state index in [1.54, 1.807) is 12.1 Å². The molecule has 1 rings (SSSR count). The van der Waals surface area contributed by atoms with Gasteiger partial charge in [0.2, 0.25) is 0 Å². The maximum absolute atomic E-state index is 13.4. The second-order valence-electron chi connectivity index (χ2n) is 4.15. The fraction of sp³-hybridized carbons (Fsp3) is 0.438. The summed E-state index contributed by atoms with van der Waals surface area (Å²) >= 11 is 0. The maximum atomic E-state index is 13.4. The Morgan fingerprint density at radius 2 is 2.05 bits per heavy atom. The lowest BCUT2D eigenvalue weighted by Crippen LogP contribution is -2.26. The highest BCUT2D eigenvalue weighted by atomic mass is 19.1. The highest BCUT2D eigenvalue weighted by molar-refractivity contribution is 5.91. The van der Waals surface area contributed by atoms with Crippen molar-refractivity contribution in [3.8, 4) is 5.75 Å². The molecular weight excluding hydrogens is 257 g/mol. The Bertz CT molecular complexity index is 444. The normalized spacial score (nSPS) is 11.7. The fourth-order valence-electron chi connectivity index (χ4n) is 1.52. The number of ketones is 1. The SMILES string of the molecule is CC.CNCC(C)Oc1cc(F)cc(/C=C/C(C)=O)c1. The Balaban J connectivity index is 0.00000172. The number of nitrogens with one attached hydrogen (secondary N) is 1. The van der Waals surface area contributed by atoms with E-state index in [4.69, 9.17) is 4.74 Å². The van der Waals surface area contributed by atoms with Gasteiger partial charge < -0.3 is 10.1 Å². The summed E-state index contributed by atoms with van der Waals surface area (Å²) in [7, 11) is 1.83. The lowest BCUT2D eigenvalue weighted by Gasteiger charge is -2.14. The molecule has 0 saturated carbocycles. The average molecular weight is 281 g/mol. The van der Waals surface area contributed by atoms with Crippen LogP contribution in [0.5, 0.6) is 5.75 Å². The molecule has 1 aromatic carbocycles. The van der Waals surface area contributed by atoms with Crippen molar-refractivity contribution >= 4 is 11.9 Å². The summed E-state index contributed by atoms with van der Waals surface area (Å²) in [5, 5.41) is 2.98. The first-order valence-electron chi connectivity index (χ1n) is 6.81. The van der Waals surface area contributed by atoms with Gasteiger partial charge in [0.05, 0.1) is 0 Å². The predicted molar refractivity (Wildman–Crippen MR) is 81.5 cm³/mol. The van der Waals surface area contributed by atoms with Gasteiger partial charge in [0.25, 0.3) is 0 Å². The van der Waals surface area contributed by atoms with Gasteiger partial charge >= 0.3 is 0 Å². The molecule has 4 heteroatoms. The van der Waals surface area contributed by atoms with Crippen LogP contribution < -0.4 is 10.1 Å². The number of halogens is 1. The summed E-state index contributed by atoms with van der Waals surface area (Å²) in [6, 6.07) is 4.39. The third-order valence-corrected chi connectivity index (χ3v) is 2.23. The molecule has 0 bridgehead atoms. The van der Waals surface area contributed by atoms with Crippen molar-refractivity contribution in [2.45, 2.75) is 33.8 Å². The lowest BCUT2D eigenvalue weighted by atomic mass is 10.2. The summed E-state index contributed by atoms with van der Waals surface area (Å²) in [6.07, 6.45) is 2.91. The van der Waals surface area contributed by atoms with Gasteiger partial charge in [0.1, 0.15) is 17.7 Å². The summed E-state index contributed by atoms with van der Waals surface area (Å²) < 4.78 is 18.9. The molecule has 0 heterocycles. The van der Waals surface area contributed by atoms with Crippen LogP contribution in [-0.4, -0.2) is 25.5 Å². The van der Waals surface area contributed by atoms with E-state index in [-0.39, 0.29) is 17.7 Å². The molecule has 1 atom stereocenters. The molecule has 112 valence electrons. The van der Waals surface area contributed by atoms with E-state index in [2.05, 4.69) is 5.32 Å². The Labute approximate surface area is 120 Å². The first kappa shape index (κ1) is 18.3. The molecule has 1 aromatic rings. The van der Waals surface area contributed by atoms with Gasteiger partial charge in [0, 0.05) is 12.6 Å². The minimum atomic E-state index is -0.382. The topological polar surface area (TPSA) is 38.3 Å². The lowest BCUT2D eigenvalue weighted by molar-refractivity contribution is -0.112. The summed E-state index contributed by atoms with van der Waals surface area (Å²) in [5.41, 5.74) is 0.608. The van der Waals surface area contributed by atoms with Crippen LogP contribution in [0.15, 0.2) is 24.3 Å². The average Bonchev–Trinajstić information content (AvgIpc) is 2.38. The van der Waals surface area contributed by atoms with Crippen molar-refractivity contribution < 1.29 is 13.9 Å². The van der Waals surface area contributed by atoms with Crippen LogP contribution in [0.1, 0.15) is 33.3 Å². The van der Waals surface area contributed by atoms with Gasteiger partial charge in [0.15, 0.2) is 5.78 Å². The minimum Gasteiger partial charge on any atom is -0.489 e. The highest BCUT2D eigenvalue weighted by Crippen LogP contribution is 2.18. The van der Waals surface area contributed by atoms with Gasteiger partial charge in [-0.3, -0.25) is 4.79 Å². The Morgan fingerprint density at radius 3 is 2.60 bits per heavy atom. The van der Waals surface area contributed by atoms with Crippen LogP contribution in [-0.2, 0) is 4.79 Å². The number of rotatable bonds is 6. The molecule has 3 nitrogen and oxygen atoms in total. The van der Waals surface area contributed by atoms with Crippen LogP contribution in [0.25, 0.3) is 6.08 Å². The number of likely N-dealkylation sites (N-methyl/N-ethyl adjacent to an activating group) is 1. The second kappa shape index (κ2) is 10.1. The Morgan fingerprint density at radius 1 is 1.40 bits per heavy atom. The number of carbonyl (C=O) groups excluding carboxylic acids is 1. The van der Waals surface area contributed by atoms with Gasteiger partial charge in [-0.1, -0.05) is 19.9 Å². The number of ether oxygens (including phenoxy) is 1. The molecule has 1 N–H and O–H groups in total. The zero-order valence-electron chi connectivity index (χ0n) is 12.9. The third kappa shape index (κ3) is 7.69. The third-order valence-electron chi connectivity index (χ3n) is 2.23. The molecule has 0 fully saturated rings. The minimum absolute atomic E-state index is 0.0542. The van der Waals surface area contributed by atoms with Gasteiger partial charge in [-0.25, -0.2) is 4.39 Å². The standard InChI is InChI=1S/C14H18FNO2.C2H6/c1-10(17)4-5-12-6-13(15)8-14(7-12)18-11(2)9-16-3;1-2/h4-8,11,16H,9H2,1-3H3;1-2H3/b5-4+;. The monoisotopic (exact) mass is 281 g/mol. The molecule has 0 aliphatic heterocycles. The fourth-order valence-corrected chi connectivity index (χ4v) is 1.52. The second-order valence-corrected chi connectivity index (χ2v) is 4.15. The molecule has 0 saturated heterocycles. The van der Waals surface area contributed by atoms with Crippen molar-refractivity contribution in [2.75, 3.05) is 13.6 Å². The molecule has 1 unspecified atom stereocenters. The van der Waals surface area contributed by atoms with Crippen LogP contribution in [0.2, 0.25) is 0 Å². The largest absolute Gasteiger partial charge is 0.489 e. The van der Waals surface area contributed by atoms with E-state index >= 15 is 0 Å². The Kier molecular flexibility index (Phi) is 9.30. The number of hydrogen-bond acceptors (Lipinski definition) is 3. The Hall–Kier alpha value is -1.68. The molecule has 0 amide bonds. The van der Waals surface area contributed by atoms with E-state index in [1.165, 1.54) is 25.1 Å². The first-order chi connectivity index (χ1) is 9.51. The molecular formula is C16H24FNO2. The summed E-state index contributed by atoms with van der Waals surface area (Å²) in [6.45, 7) is 8.02. The van der Waals surface area contributed by atoms with E-state index in [9.17, 15) is 9.18 Å². The summed E-state index contributed by atoms with van der Waals surface area (Å²) in [4.78, 5) is 10.8. The molecule has 0 radical (unpaired) electrons. The molecule has 0 aromatic heterocycles. The zero-order chi connectivity index (χ0) is 15.5. The van der Waals surface area contributed by atoms with Crippen molar-refractivity contribution in [1.82, 2.24) is 5.32 Å². The molecule has 0 spiro atoms. The highest BCUT2D eigenvalue weighted by Gasteiger charge is 2.05. The smallest absolute Gasteiger partial charge is 0.152 e. The quantitative estimate of drug-likeness (QED) is 0.812. The maximum Gasteiger partial charge on any atom is 0.152 e. The molecule has 0 aliphatic rings. The predicted octanol–water partition coefficient (Wildman–Crippen LogP) is 3.44. The van der Waals surface area contributed by atoms with Crippen molar-refractivity contribution in [2.24, 2.45) is 0 Å². The number of hydrogen-bond donors (Lipinski definition) is 1. The van der Waals surface area contributed by atoms with Crippen LogP contribution in [0.3, 0.4) is 0 Å². The van der Waals surface area contributed by atoms with Gasteiger partial charge in [-0.05, 0) is 44.7 Å². The number of benzene rings is 1. The number of carbonyl (C=O) groups is 1. The van der Waals surface area contributed by atoms with Crippen LogP contribution >= 0.6 is 0 Å². The van der Waals surface area contributed by atoms with Gasteiger partial charge in [-0.15, -0.1) is 0 Å². The van der Waals surface area contributed by atoms with Gasteiger partial charge in [-0.2, -0.15) is 0 Å². The zero-order valence-corrected chi connectivity index (χ0v) is 12.9. The van der Waals surface area contributed by atoms with Crippen molar-refractivity contribution in [3.63, 3.8) is 0 Å². The van der Waals surface area contributed by atoms with E-state index < -0.39 is 0 Å². The van der Waals surface area contributed by atoms with Crippen LogP contribution in [0.4, 0.5) is 4.39 Å². The van der Waals surface area contributed by atoms with Crippen molar-refractivity contribution in [1.29, 1.82) is 0 Å². The number of allylic oxidation sites excluding steroid dienone is 1. The van der Waals surface area contributed by atoms with E-state index in [0.717, 1.165) is 0 Å². The molecule has 0 aliphatic carbocycles. The van der Waals surface area contributed by atoms with Crippen molar-refractivity contribution in [3.05, 3.63) is 35.7 Å². The van der Waals surface area contributed by atoms with Crippen LogP contribution in [0, 0.1) is 5.82 Å². The molecule has 20 heavy (non-hydrogen) atoms. The summed E-state index contributed by atoms with van der Waals surface area (Å²) in [5.74, 6) is -0.00130.